The van der Waals surface area contributed by atoms with Gasteiger partial charge in [-0.05, 0) is 17.7 Å². The lowest BCUT2D eigenvalue weighted by Crippen LogP contribution is -2.42. The molecule has 0 saturated heterocycles. The number of hydrogen-bond acceptors (Lipinski definition) is 4. The highest BCUT2D eigenvalue weighted by Gasteiger charge is 2.53. The number of carbonyl (C=O) groups excluding carboxylic acids is 2. The number of aliphatic hydroxyl groups is 1. The largest absolute Gasteiger partial charge is 0.394 e. The zero-order valence-electron chi connectivity index (χ0n) is 14.1. The molecule has 6 heteroatoms. The summed E-state index contributed by atoms with van der Waals surface area (Å²) < 4.78 is 0. The standard InChI is InChI=1S/C20H19Cl2NO3/c21-9-11-23(12-10-22)15-7-5-14(6-8-15)20(13-24)18(25)16-3-1-2-4-17(16)19(20)26/h1-8,24H,9-13H2. The molecule has 0 fully saturated rings. The molecule has 0 radical (unpaired) electrons. The molecule has 0 aromatic heterocycles. The van der Waals surface area contributed by atoms with Gasteiger partial charge >= 0.3 is 0 Å². The number of rotatable bonds is 7. The monoisotopic (exact) mass is 391 g/mol. The van der Waals surface area contributed by atoms with Crippen molar-refractivity contribution in [3.05, 3.63) is 65.2 Å². The first-order chi connectivity index (χ1) is 12.6. The highest BCUT2D eigenvalue weighted by molar-refractivity contribution is 6.33. The Bertz CT molecular complexity index is 779. The number of benzene rings is 2. The Morgan fingerprint density at radius 2 is 1.35 bits per heavy atom. The second kappa shape index (κ2) is 7.78. The highest BCUT2D eigenvalue weighted by Crippen LogP contribution is 2.40. The van der Waals surface area contributed by atoms with E-state index in [0.29, 0.717) is 41.5 Å². The van der Waals surface area contributed by atoms with Crippen LogP contribution in [0.2, 0.25) is 0 Å². The second-order valence-electron chi connectivity index (χ2n) is 6.18. The summed E-state index contributed by atoms with van der Waals surface area (Å²) in [5.74, 6) is 0.218. The van der Waals surface area contributed by atoms with Gasteiger partial charge in [0.05, 0.1) is 6.61 Å². The molecule has 1 aliphatic carbocycles. The first-order valence-corrected chi connectivity index (χ1v) is 9.44. The third-order valence-corrected chi connectivity index (χ3v) is 5.20. The molecule has 1 aliphatic rings. The Hall–Kier alpha value is -1.88. The summed E-state index contributed by atoms with van der Waals surface area (Å²) in [7, 11) is 0. The van der Waals surface area contributed by atoms with Crippen LogP contribution in [0.4, 0.5) is 5.69 Å². The number of halogens is 2. The van der Waals surface area contributed by atoms with E-state index < -0.39 is 12.0 Å². The molecule has 0 spiro atoms. The average molecular weight is 392 g/mol. The first kappa shape index (κ1) is 18.9. The molecule has 0 bridgehead atoms. The fourth-order valence-electron chi connectivity index (χ4n) is 3.47. The molecule has 0 atom stereocenters. The minimum absolute atomic E-state index is 0.355. The normalized spacial score (nSPS) is 15.2. The molecule has 0 saturated carbocycles. The molecular weight excluding hydrogens is 373 g/mol. The highest BCUT2D eigenvalue weighted by atomic mass is 35.5. The van der Waals surface area contributed by atoms with Crippen LogP contribution in [0.15, 0.2) is 48.5 Å². The Morgan fingerprint density at radius 3 is 1.77 bits per heavy atom. The molecule has 0 unspecified atom stereocenters. The van der Waals surface area contributed by atoms with Crippen molar-refractivity contribution in [2.75, 3.05) is 36.4 Å². The minimum atomic E-state index is -1.56. The Labute approximate surface area is 162 Å². The summed E-state index contributed by atoms with van der Waals surface area (Å²) in [5.41, 5.74) is 0.555. The number of nitrogens with zero attached hydrogens (tertiary/aromatic N) is 1. The minimum Gasteiger partial charge on any atom is -0.394 e. The van der Waals surface area contributed by atoms with Gasteiger partial charge in [0.2, 0.25) is 0 Å². The van der Waals surface area contributed by atoms with Crippen LogP contribution in [0, 0.1) is 0 Å². The lowest BCUT2D eigenvalue weighted by Gasteiger charge is -2.26. The third kappa shape index (κ3) is 2.92. The molecular formula is C20H19Cl2NO3. The fraction of sp³-hybridized carbons (Fsp3) is 0.300. The van der Waals surface area contributed by atoms with E-state index in [-0.39, 0.29) is 11.6 Å². The van der Waals surface area contributed by atoms with Crippen molar-refractivity contribution in [2.24, 2.45) is 0 Å². The predicted molar refractivity (Wildman–Crippen MR) is 104 cm³/mol. The van der Waals surface area contributed by atoms with E-state index >= 15 is 0 Å². The van der Waals surface area contributed by atoms with Crippen molar-refractivity contribution in [3.8, 4) is 0 Å². The van der Waals surface area contributed by atoms with Crippen molar-refractivity contribution in [2.45, 2.75) is 5.41 Å². The van der Waals surface area contributed by atoms with Gasteiger partial charge < -0.3 is 10.0 Å². The number of ketones is 2. The average Bonchev–Trinajstić information content (AvgIpc) is 2.90. The molecule has 3 rings (SSSR count). The molecule has 4 nitrogen and oxygen atoms in total. The van der Waals surface area contributed by atoms with Gasteiger partial charge in [0.1, 0.15) is 5.41 Å². The summed E-state index contributed by atoms with van der Waals surface area (Å²) in [6.45, 7) is 0.718. The maximum absolute atomic E-state index is 13.0. The molecule has 1 N–H and O–H groups in total. The molecule has 136 valence electrons. The summed E-state index contributed by atoms with van der Waals surface area (Å²) in [5, 5.41) is 10.0. The molecule has 0 heterocycles. The second-order valence-corrected chi connectivity index (χ2v) is 6.94. The third-order valence-electron chi connectivity index (χ3n) is 4.86. The van der Waals surface area contributed by atoms with E-state index in [1.807, 2.05) is 17.0 Å². The number of anilines is 1. The predicted octanol–water partition coefficient (Wildman–Crippen LogP) is 3.28. The van der Waals surface area contributed by atoms with Crippen LogP contribution in [0.1, 0.15) is 26.3 Å². The van der Waals surface area contributed by atoms with Gasteiger partial charge in [-0.15, -0.1) is 23.2 Å². The van der Waals surface area contributed by atoms with E-state index in [4.69, 9.17) is 23.2 Å². The summed E-state index contributed by atoms with van der Waals surface area (Å²) in [6, 6.07) is 13.8. The van der Waals surface area contributed by atoms with Crippen molar-refractivity contribution in [3.63, 3.8) is 0 Å². The van der Waals surface area contributed by atoms with E-state index in [2.05, 4.69) is 0 Å². The van der Waals surface area contributed by atoms with Crippen LogP contribution >= 0.6 is 23.2 Å². The van der Waals surface area contributed by atoms with Crippen LogP contribution < -0.4 is 4.90 Å². The summed E-state index contributed by atoms with van der Waals surface area (Å²) in [4.78, 5) is 27.9. The van der Waals surface area contributed by atoms with Gasteiger partial charge in [-0.2, -0.15) is 0 Å². The molecule has 2 aromatic rings. The van der Waals surface area contributed by atoms with Gasteiger partial charge in [-0.3, -0.25) is 9.59 Å². The molecule has 2 aromatic carbocycles. The zero-order chi connectivity index (χ0) is 18.7. The van der Waals surface area contributed by atoms with Crippen molar-refractivity contribution < 1.29 is 14.7 Å². The Morgan fingerprint density at radius 1 is 0.846 bits per heavy atom. The number of alkyl halides is 2. The van der Waals surface area contributed by atoms with Gasteiger partial charge in [0.25, 0.3) is 0 Å². The fourth-order valence-corrected chi connectivity index (χ4v) is 3.88. The van der Waals surface area contributed by atoms with E-state index in [1.165, 1.54) is 0 Å². The van der Waals surface area contributed by atoms with Gasteiger partial charge in [0.15, 0.2) is 11.6 Å². The Kier molecular flexibility index (Phi) is 5.66. The van der Waals surface area contributed by atoms with Crippen LogP contribution in [-0.4, -0.2) is 48.1 Å². The summed E-state index contributed by atoms with van der Waals surface area (Å²) >= 11 is 11.7. The number of hydrogen-bond donors (Lipinski definition) is 1. The molecule has 0 aliphatic heterocycles. The number of aliphatic hydroxyl groups excluding tert-OH is 1. The topological polar surface area (TPSA) is 57.6 Å². The van der Waals surface area contributed by atoms with Gasteiger partial charge in [-0.1, -0.05) is 36.4 Å². The van der Waals surface area contributed by atoms with Gasteiger partial charge in [0, 0.05) is 41.7 Å². The van der Waals surface area contributed by atoms with Crippen molar-refractivity contribution in [1.29, 1.82) is 0 Å². The van der Waals surface area contributed by atoms with Crippen molar-refractivity contribution in [1.82, 2.24) is 0 Å². The lowest BCUT2D eigenvalue weighted by molar-refractivity contribution is 0.0711. The maximum atomic E-state index is 13.0. The Balaban J connectivity index is 2.00. The smallest absolute Gasteiger partial charge is 0.184 e. The van der Waals surface area contributed by atoms with Crippen LogP contribution in [0.3, 0.4) is 0 Å². The van der Waals surface area contributed by atoms with Crippen LogP contribution in [0.5, 0.6) is 0 Å². The van der Waals surface area contributed by atoms with E-state index in [1.54, 1.807) is 36.4 Å². The van der Waals surface area contributed by atoms with Crippen LogP contribution in [0.25, 0.3) is 0 Å². The van der Waals surface area contributed by atoms with Crippen molar-refractivity contribution >= 4 is 40.5 Å². The van der Waals surface area contributed by atoms with Crippen LogP contribution in [-0.2, 0) is 5.41 Å². The summed E-state index contributed by atoms with van der Waals surface area (Å²) in [6.07, 6.45) is 0. The quantitative estimate of drug-likeness (QED) is 0.581. The zero-order valence-corrected chi connectivity index (χ0v) is 15.6. The lowest BCUT2D eigenvalue weighted by atomic mass is 9.76. The molecule has 26 heavy (non-hydrogen) atoms. The van der Waals surface area contributed by atoms with E-state index in [0.717, 1.165) is 5.69 Å². The first-order valence-electron chi connectivity index (χ1n) is 8.37. The van der Waals surface area contributed by atoms with Gasteiger partial charge in [-0.25, -0.2) is 0 Å². The van der Waals surface area contributed by atoms with E-state index in [9.17, 15) is 14.7 Å². The number of Topliss-reactive ketones (excluding diaryl/α,β-unsaturated/α-hetero) is 2. The number of carbonyl (C=O) groups is 2. The maximum Gasteiger partial charge on any atom is 0.184 e. The SMILES string of the molecule is O=C1c2ccccc2C(=O)C1(CO)c1ccc(N(CCCl)CCCl)cc1. The molecule has 0 amide bonds. The number of fused-ring (bicyclic) bond motifs is 1.